The second-order valence-corrected chi connectivity index (χ2v) is 3.64. The van der Waals surface area contributed by atoms with Gasteiger partial charge < -0.3 is 5.32 Å². The van der Waals surface area contributed by atoms with E-state index in [0.29, 0.717) is 0 Å². The first-order chi connectivity index (χ1) is 4.72. The van der Waals surface area contributed by atoms with Gasteiger partial charge in [-0.3, -0.25) is 0 Å². The molecule has 1 aliphatic carbocycles. The van der Waals surface area contributed by atoms with E-state index in [1.54, 1.807) is 0 Å². The summed E-state index contributed by atoms with van der Waals surface area (Å²) in [5, 5.41) is 3.35. The maximum Gasteiger partial charge on any atom is 0.0127 e. The van der Waals surface area contributed by atoms with Gasteiger partial charge in [-0.2, -0.15) is 0 Å². The minimum absolute atomic E-state index is 0.815. The maximum atomic E-state index is 3.35. The molecular weight excluding hydrogens is 122 g/mol. The standard InChI is InChI=1S/C9H19N/c1-5-6(2)8-7(3)9(8)10-4/h6-10H,5H2,1-4H3. The van der Waals surface area contributed by atoms with Gasteiger partial charge in [-0.15, -0.1) is 0 Å². The van der Waals surface area contributed by atoms with Crippen LogP contribution in [-0.2, 0) is 0 Å². The molecular formula is C9H19N. The minimum atomic E-state index is 0.815. The normalized spacial score (nSPS) is 41.4. The van der Waals surface area contributed by atoms with Crippen LogP contribution in [0.15, 0.2) is 0 Å². The molecule has 0 aromatic rings. The highest BCUT2D eigenvalue weighted by atomic mass is 15.0. The summed E-state index contributed by atoms with van der Waals surface area (Å²) < 4.78 is 0. The van der Waals surface area contributed by atoms with Crippen LogP contribution in [0.5, 0.6) is 0 Å². The van der Waals surface area contributed by atoms with Crippen molar-refractivity contribution >= 4 is 0 Å². The molecule has 0 amide bonds. The fraction of sp³-hybridized carbons (Fsp3) is 1.00. The summed E-state index contributed by atoms with van der Waals surface area (Å²) in [7, 11) is 2.07. The van der Waals surface area contributed by atoms with Crippen molar-refractivity contribution in [3.05, 3.63) is 0 Å². The van der Waals surface area contributed by atoms with Gasteiger partial charge in [-0.25, -0.2) is 0 Å². The lowest BCUT2D eigenvalue weighted by Crippen LogP contribution is -2.14. The number of nitrogens with one attached hydrogen (secondary N) is 1. The molecule has 0 saturated heterocycles. The van der Waals surface area contributed by atoms with Crippen LogP contribution in [0.25, 0.3) is 0 Å². The van der Waals surface area contributed by atoms with Gasteiger partial charge in [-0.05, 0) is 24.8 Å². The summed E-state index contributed by atoms with van der Waals surface area (Å²) in [6, 6.07) is 0.815. The third-order valence-corrected chi connectivity index (χ3v) is 3.08. The Labute approximate surface area is 64.2 Å². The Kier molecular flexibility index (Phi) is 2.35. The van der Waals surface area contributed by atoms with Crippen molar-refractivity contribution in [2.75, 3.05) is 7.05 Å². The molecule has 10 heavy (non-hydrogen) atoms. The molecule has 4 atom stereocenters. The minimum Gasteiger partial charge on any atom is -0.316 e. The fourth-order valence-electron chi connectivity index (χ4n) is 2.09. The molecule has 0 bridgehead atoms. The average Bonchev–Trinajstić information content (AvgIpc) is 2.59. The van der Waals surface area contributed by atoms with Gasteiger partial charge in [0, 0.05) is 6.04 Å². The summed E-state index contributed by atoms with van der Waals surface area (Å²) in [6.07, 6.45) is 1.33. The lowest BCUT2D eigenvalue weighted by atomic mass is 10.0. The summed E-state index contributed by atoms with van der Waals surface area (Å²) in [5.41, 5.74) is 0. The van der Waals surface area contributed by atoms with E-state index in [4.69, 9.17) is 0 Å². The molecule has 1 saturated carbocycles. The van der Waals surface area contributed by atoms with E-state index in [2.05, 4.69) is 33.1 Å². The first-order valence-corrected chi connectivity index (χ1v) is 4.39. The molecule has 1 aliphatic rings. The van der Waals surface area contributed by atoms with Gasteiger partial charge in [0.15, 0.2) is 0 Å². The van der Waals surface area contributed by atoms with Crippen molar-refractivity contribution in [1.82, 2.24) is 5.32 Å². The third kappa shape index (κ3) is 1.20. The highest BCUT2D eigenvalue weighted by Crippen LogP contribution is 2.44. The Morgan fingerprint density at radius 3 is 2.40 bits per heavy atom. The Hall–Kier alpha value is -0.0400. The van der Waals surface area contributed by atoms with Crippen LogP contribution in [0.1, 0.15) is 27.2 Å². The Morgan fingerprint density at radius 1 is 1.50 bits per heavy atom. The van der Waals surface area contributed by atoms with Crippen molar-refractivity contribution < 1.29 is 0 Å². The van der Waals surface area contributed by atoms with Crippen LogP contribution < -0.4 is 5.32 Å². The van der Waals surface area contributed by atoms with Gasteiger partial charge >= 0.3 is 0 Å². The lowest BCUT2D eigenvalue weighted by molar-refractivity contribution is 0.455. The van der Waals surface area contributed by atoms with E-state index >= 15 is 0 Å². The van der Waals surface area contributed by atoms with Crippen LogP contribution in [0.2, 0.25) is 0 Å². The molecule has 0 aromatic heterocycles. The summed E-state index contributed by atoms with van der Waals surface area (Å²) in [4.78, 5) is 0. The van der Waals surface area contributed by atoms with Crippen molar-refractivity contribution in [2.24, 2.45) is 17.8 Å². The van der Waals surface area contributed by atoms with Crippen LogP contribution in [0.3, 0.4) is 0 Å². The zero-order valence-corrected chi connectivity index (χ0v) is 7.52. The van der Waals surface area contributed by atoms with Crippen LogP contribution in [0.4, 0.5) is 0 Å². The SMILES string of the molecule is CCC(C)C1C(C)C1NC. The van der Waals surface area contributed by atoms with E-state index in [-0.39, 0.29) is 0 Å². The van der Waals surface area contributed by atoms with E-state index in [1.807, 2.05) is 0 Å². The van der Waals surface area contributed by atoms with Crippen molar-refractivity contribution in [3.8, 4) is 0 Å². The second-order valence-electron chi connectivity index (χ2n) is 3.64. The monoisotopic (exact) mass is 141 g/mol. The molecule has 0 aromatic carbocycles. The Morgan fingerprint density at radius 2 is 2.10 bits per heavy atom. The van der Waals surface area contributed by atoms with E-state index in [0.717, 1.165) is 23.8 Å². The van der Waals surface area contributed by atoms with E-state index < -0.39 is 0 Å². The van der Waals surface area contributed by atoms with Crippen molar-refractivity contribution in [2.45, 2.75) is 33.2 Å². The highest BCUT2D eigenvalue weighted by Gasteiger charge is 2.47. The van der Waals surface area contributed by atoms with Crippen LogP contribution in [-0.4, -0.2) is 13.1 Å². The van der Waals surface area contributed by atoms with Gasteiger partial charge in [-0.1, -0.05) is 27.2 Å². The summed E-state index contributed by atoms with van der Waals surface area (Å²) in [6.45, 7) is 6.99. The molecule has 0 heterocycles. The smallest absolute Gasteiger partial charge is 0.0127 e. The van der Waals surface area contributed by atoms with E-state index in [9.17, 15) is 0 Å². The predicted molar refractivity (Wildman–Crippen MR) is 45.0 cm³/mol. The predicted octanol–water partition coefficient (Wildman–Crippen LogP) is 1.89. The molecule has 1 rings (SSSR count). The van der Waals surface area contributed by atoms with Gasteiger partial charge in [0.25, 0.3) is 0 Å². The van der Waals surface area contributed by atoms with E-state index in [1.165, 1.54) is 6.42 Å². The lowest BCUT2D eigenvalue weighted by Gasteiger charge is -2.05. The zero-order chi connectivity index (χ0) is 7.72. The molecule has 0 spiro atoms. The summed E-state index contributed by atoms with van der Waals surface area (Å²) in [5.74, 6) is 2.78. The van der Waals surface area contributed by atoms with Gasteiger partial charge in [0.1, 0.15) is 0 Å². The molecule has 1 heteroatoms. The van der Waals surface area contributed by atoms with Crippen LogP contribution >= 0.6 is 0 Å². The highest BCUT2D eigenvalue weighted by molar-refractivity contribution is 5.01. The molecule has 1 nitrogen and oxygen atoms in total. The molecule has 1 N–H and O–H groups in total. The number of rotatable bonds is 3. The fourth-order valence-corrected chi connectivity index (χ4v) is 2.09. The third-order valence-electron chi connectivity index (χ3n) is 3.08. The quantitative estimate of drug-likeness (QED) is 0.633. The zero-order valence-electron chi connectivity index (χ0n) is 7.52. The first kappa shape index (κ1) is 8.06. The Bertz CT molecular complexity index is 105. The largest absolute Gasteiger partial charge is 0.316 e. The molecule has 4 unspecified atom stereocenters. The molecule has 0 radical (unpaired) electrons. The first-order valence-electron chi connectivity index (χ1n) is 4.39. The van der Waals surface area contributed by atoms with Crippen molar-refractivity contribution in [1.29, 1.82) is 0 Å². The maximum absolute atomic E-state index is 3.35. The number of hydrogen-bond donors (Lipinski definition) is 1. The van der Waals surface area contributed by atoms with Crippen LogP contribution in [0, 0.1) is 17.8 Å². The topological polar surface area (TPSA) is 12.0 Å². The second kappa shape index (κ2) is 2.91. The molecule has 60 valence electrons. The summed E-state index contributed by atoms with van der Waals surface area (Å²) >= 11 is 0. The molecule has 1 fully saturated rings. The molecule has 0 aliphatic heterocycles. The van der Waals surface area contributed by atoms with Gasteiger partial charge in [0.2, 0.25) is 0 Å². The average molecular weight is 141 g/mol. The van der Waals surface area contributed by atoms with Crippen molar-refractivity contribution in [3.63, 3.8) is 0 Å². The van der Waals surface area contributed by atoms with Gasteiger partial charge in [0.05, 0.1) is 0 Å². The Balaban J connectivity index is 2.32. The number of hydrogen-bond acceptors (Lipinski definition) is 1.